The highest BCUT2D eigenvalue weighted by molar-refractivity contribution is 6.04. The zero-order valence-corrected chi connectivity index (χ0v) is 15.1. The van der Waals surface area contributed by atoms with Crippen LogP contribution < -0.4 is 21.7 Å². The summed E-state index contributed by atoms with van der Waals surface area (Å²) in [5.41, 5.74) is 14.3. The molecule has 5 N–H and O–H groups in total. The van der Waals surface area contributed by atoms with E-state index in [1.807, 2.05) is 47.4 Å². The molecule has 26 heavy (non-hydrogen) atoms. The van der Waals surface area contributed by atoms with E-state index in [-0.39, 0.29) is 30.3 Å². The topological polar surface area (TPSA) is 109 Å². The van der Waals surface area contributed by atoms with E-state index in [1.54, 1.807) is 19.1 Å². The number of hydrogen-bond acceptors (Lipinski definition) is 7. The maximum atomic E-state index is 11.3. The van der Waals surface area contributed by atoms with Crippen LogP contribution in [-0.4, -0.2) is 30.4 Å². The summed E-state index contributed by atoms with van der Waals surface area (Å²) in [7, 11) is 0. The van der Waals surface area contributed by atoms with Crippen molar-refractivity contribution in [2.75, 3.05) is 16.8 Å². The van der Waals surface area contributed by atoms with Gasteiger partial charge >= 0.3 is 0 Å². The van der Waals surface area contributed by atoms with Crippen molar-refractivity contribution in [3.05, 3.63) is 60.2 Å². The number of ketones is 1. The highest BCUT2D eigenvalue weighted by Crippen LogP contribution is 2.20. The van der Waals surface area contributed by atoms with Gasteiger partial charge in [-0.25, -0.2) is 4.99 Å². The van der Waals surface area contributed by atoms with Crippen molar-refractivity contribution < 1.29 is 4.79 Å². The van der Waals surface area contributed by atoms with E-state index < -0.39 is 0 Å². The molecule has 7 nitrogen and oxygen atoms in total. The van der Waals surface area contributed by atoms with Crippen LogP contribution in [0.2, 0.25) is 0 Å². The van der Waals surface area contributed by atoms with Crippen molar-refractivity contribution in [3.8, 4) is 0 Å². The molecule has 0 aromatic heterocycles. The second-order valence-electron chi connectivity index (χ2n) is 5.66. The molecule has 1 unspecified atom stereocenters. The number of halogens is 1. The lowest BCUT2D eigenvalue weighted by atomic mass is 10.1. The van der Waals surface area contributed by atoms with Crippen LogP contribution in [0.25, 0.3) is 0 Å². The Morgan fingerprint density at radius 2 is 1.77 bits per heavy atom. The Kier molecular flexibility index (Phi) is 6.19. The monoisotopic (exact) mass is 372 g/mol. The normalized spacial score (nSPS) is 16.2. The van der Waals surface area contributed by atoms with Crippen LogP contribution in [0.1, 0.15) is 17.3 Å². The van der Waals surface area contributed by atoms with E-state index in [0.717, 1.165) is 11.4 Å². The van der Waals surface area contributed by atoms with E-state index >= 15 is 0 Å². The zero-order chi connectivity index (χ0) is 17.8. The first kappa shape index (κ1) is 19.3. The molecule has 136 valence electrons. The van der Waals surface area contributed by atoms with Gasteiger partial charge in [0.1, 0.15) is 6.17 Å². The Bertz CT molecular complexity index is 819. The van der Waals surface area contributed by atoms with Crippen LogP contribution in [0.15, 0.2) is 64.6 Å². The maximum Gasteiger partial charge on any atom is 0.220 e. The van der Waals surface area contributed by atoms with Crippen LogP contribution in [0.3, 0.4) is 0 Å². The first-order valence-corrected chi connectivity index (χ1v) is 7.91. The van der Waals surface area contributed by atoms with Gasteiger partial charge in [-0.2, -0.15) is 4.99 Å². The lowest BCUT2D eigenvalue weighted by molar-refractivity contribution is 0.101. The number of para-hydroxylation sites is 1. The van der Waals surface area contributed by atoms with Gasteiger partial charge in [0, 0.05) is 16.9 Å². The Labute approximate surface area is 158 Å². The number of guanidine groups is 2. The summed E-state index contributed by atoms with van der Waals surface area (Å²) in [5, 5.41) is 3.30. The van der Waals surface area contributed by atoms with Crippen LogP contribution >= 0.6 is 12.4 Å². The molecule has 0 radical (unpaired) electrons. The number of nitrogens with one attached hydrogen (secondary N) is 1. The molecule has 0 aliphatic carbocycles. The Balaban J connectivity index is 0.00000243. The zero-order valence-electron chi connectivity index (χ0n) is 14.3. The van der Waals surface area contributed by atoms with Gasteiger partial charge in [-0.3, -0.25) is 9.69 Å². The van der Waals surface area contributed by atoms with E-state index in [2.05, 4.69) is 15.3 Å². The number of aliphatic imine (C=N–C) groups is 2. The summed E-state index contributed by atoms with van der Waals surface area (Å²) in [6.07, 6.45) is -0.326. The smallest absolute Gasteiger partial charge is 0.220 e. The first-order valence-electron chi connectivity index (χ1n) is 7.91. The average Bonchev–Trinajstić information content (AvgIpc) is 2.60. The summed E-state index contributed by atoms with van der Waals surface area (Å²) < 4.78 is 0. The van der Waals surface area contributed by atoms with Gasteiger partial charge in [0.25, 0.3) is 0 Å². The van der Waals surface area contributed by atoms with Gasteiger partial charge in [0.05, 0.1) is 6.54 Å². The third-order valence-electron chi connectivity index (χ3n) is 3.87. The number of nitrogens with two attached hydrogens (primary N) is 2. The number of carbonyl (C=O) groups excluding carboxylic acids is 1. The molecule has 1 aliphatic rings. The quantitative estimate of drug-likeness (QED) is 0.697. The van der Waals surface area contributed by atoms with Gasteiger partial charge < -0.3 is 16.8 Å². The number of carbonyl (C=O) groups is 1. The summed E-state index contributed by atoms with van der Waals surface area (Å²) in [4.78, 5) is 21.6. The van der Waals surface area contributed by atoms with Crippen LogP contribution in [0.4, 0.5) is 11.4 Å². The van der Waals surface area contributed by atoms with Gasteiger partial charge in [-0.1, -0.05) is 18.2 Å². The molecule has 1 heterocycles. The molecule has 1 aliphatic heterocycles. The molecule has 0 saturated heterocycles. The summed E-state index contributed by atoms with van der Waals surface area (Å²) in [5.74, 6) is 0.497. The molecule has 0 fully saturated rings. The number of anilines is 2. The first-order chi connectivity index (χ1) is 12.0. The van der Waals surface area contributed by atoms with Gasteiger partial charge in [0.2, 0.25) is 11.9 Å². The van der Waals surface area contributed by atoms with Gasteiger partial charge in [-0.15, -0.1) is 12.4 Å². The van der Waals surface area contributed by atoms with E-state index in [4.69, 9.17) is 11.5 Å². The molecular formula is C18H21ClN6O. The van der Waals surface area contributed by atoms with Gasteiger partial charge in [-0.05, 0) is 43.3 Å². The van der Waals surface area contributed by atoms with Crippen LogP contribution in [0, 0.1) is 0 Å². The minimum Gasteiger partial charge on any atom is -0.381 e. The van der Waals surface area contributed by atoms with Crippen molar-refractivity contribution in [3.63, 3.8) is 0 Å². The van der Waals surface area contributed by atoms with Crippen molar-refractivity contribution in [1.82, 2.24) is 0 Å². The Morgan fingerprint density at radius 1 is 1.12 bits per heavy atom. The Morgan fingerprint density at radius 3 is 2.38 bits per heavy atom. The van der Waals surface area contributed by atoms with Crippen LogP contribution in [0.5, 0.6) is 0 Å². The number of Topliss-reactive ketones (excluding diaryl/α,β-unsaturated/α-hetero) is 1. The Hall–Kier alpha value is -3.06. The average molecular weight is 373 g/mol. The van der Waals surface area contributed by atoms with E-state index in [1.165, 1.54) is 0 Å². The number of rotatable bonds is 5. The predicted octanol–water partition coefficient (Wildman–Crippen LogP) is 2.20. The summed E-state index contributed by atoms with van der Waals surface area (Å²) in [6.45, 7) is 2.02. The lowest BCUT2D eigenvalue weighted by Crippen LogP contribution is -2.51. The fourth-order valence-corrected chi connectivity index (χ4v) is 2.62. The molecule has 2 aromatic carbocycles. The fraction of sp³-hybridized carbons (Fsp3) is 0.167. The summed E-state index contributed by atoms with van der Waals surface area (Å²) >= 11 is 0. The second-order valence-corrected chi connectivity index (χ2v) is 5.66. The lowest BCUT2D eigenvalue weighted by Gasteiger charge is -2.32. The van der Waals surface area contributed by atoms with E-state index in [0.29, 0.717) is 18.1 Å². The second kappa shape index (κ2) is 8.35. The largest absolute Gasteiger partial charge is 0.381 e. The third kappa shape index (κ3) is 4.31. The highest BCUT2D eigenvalue weighted by atomic mass is 35.5. The SMILES string of the molecule is CC(=O)c1ccc(NCC2N=C(N)N=C(N)N2c2ccccc2)cc1.Cl. The van der Waals surface area contributed by atoms with E-state index in [9.17, 15) is 4.79 Å². The van der Waals surface area contributed by atoms with Crippen molar-refractivity contribution in [2.24, 2.45) is 21.5 Å². The molecule has 0 amide bonds. The van der Waals surface area contributed by atoms with Crippen LogP contribution in [-0.2, 0) is 0 Å². The summed E-state index contributed by atoms with van der Waals surface area (Å²) in [6, 6.07) is 16.9. The number of nitrogens with zero attached hydrogens (tertiary/aromatic N) is 3. The minimum absolute atomic E-state index is 0. The molecule has 0 spiro atoms. The minimum atomic E-state index is -0.326. The number of hydrogen-bond donors (Lipinski definition) is 3. The highest BCUT2D eigenvalue weighted by Gasteiger charge is 2.25. The molecule has 3 rings (SSSR count). The molecule has 2 aromatic rings. The van der Waals surface area contributed by atoms with Gasteiger partial charge in [0.15, 0.2) is 5.78 Å². The molecule has 1 atom stereocenters. The third-order valence-corrected chi connectivity index (χ3v) is 3.87. The van der Waals surface area contributed by atoms with Crippen molar-refractivity contribution >= 4 is 41.5 Å². The maximum absolute atomic E-state index is 11.3. The molecule has 8 heteroatoms. The standard InChI is InChI=1S/C18H20N6O.ClH/c1-12(25)13-7-9-14(10-8-13)21-11-16-22-17(19)23-18(20)24(16)15-5-3-2-4-6-15;/h2-10,16,21H,11H2,1H3,(H4,19,20,22,23);1H. The molecule has 0 saturated carbocycles. The van der Waals surface area contributed by atoms with Crippen molar-refractivity contribution in [1.29, 1.82) is 0 Å². The molecular weight excluding hydrogens is 352 g/mol. The predicted molar refractivity (Wildman–Crippen MR) is 108 cm³/mol. The van der Waals surface area contributed by atoms with Crippen molar-refractivity contribution in [2.45, 2.75) is 13.1 Å². The number of benzene rings is 2. The molecule has 0 bridgehead atoms. The fourth-order valence-electron chi connectivity index (χ4n) is 2.62.